The Morgan fingerprint density at radius 1 is 1.16 bits per heavy atom. The first-order valence-electron chi connectivity index (χ1n) is 6.88. The minimum absolute atomic E-state index is 0.0221. The average molecular weight is 289 g/mol. The first kappa shape index (κ1) is 14.7. The summed E-state index contributed by atoms with van der Waals surface area (Å²) >= 11 is 0. The predicted molar refractivity (Wildman–Crippen MR) is 73.2 cm³/mol. The van der Waals surface area contributed by atoms with Gasteiger partial charge < -0.3 is 4.90 Å². The Bertz CT molecular complexity index is 402. The number of sulfone groups is 1. The van der Waals surface area contributed by atoms with Gasteiger partial charge in [-0.2, -0.15) is 0 Å². The van der Waals surface area contributed by atoms with E-state index < -0.39 is 9.84 Å². The summed E-state index contributed by atoms with van der Waals surface area (Å²) in [6, 6.07) is 0. The second kappa shape index (κ2) is 6.19. The van der Waals surface area contributed by atoms with Crippen LogP contribution in [0.3, 0.4) is 0 Å². The molecule has 2 saturated heterocycles. The van der Waals surface area contributed by atoms with Crippen LogP contribution in [-0.4, -0.2) is 69.0 Å². The van der Waals surface area contributed by atoms with Crippen LogP contribution in [0.25, 0.3) is 0 Å². The Labute approximate surface area is 115 Å². The highest BCUT2D eigenvalue weighted by atomic mass is 32.2. The molecule has 0 aliphatic carbocycles. The van der Waals surface area contributed by atoms with E-state index in [0.717, 1.165) is 26.2 Å². The lowest BCUT2D eigenvalue weighted by Gasteiger charge is -2.32. The fourth-order valence-electron chi connectivity index (χ4n) is 2.55. The Morgan fingerprint density at radius 3 is 2.32 bits per heavy atom. The molecule has 110 valence electrons. The largest absolute Gasteiger partial charge is 0.304 e. The molecule has 1 N–H and O–H groups in total. The van der Waals surface area contributed by atoms with Crippen molar-refractivity contribution in [3.63, 3.8) is 0 Å². The van der Waals surface area contributed by atoms with Gasteiger partial charge in [-0.25, -0.2) is 13.4 Å². The number of nitrogens with one attached hydrogen (secondary N) is 1. The van der Waals surface area contributed by atoms with Gasteiger partial charge in [-0.15, -0.1) is 0 Å². The third kappa shape index (κ3) is 4.74. The van der Waals surface area contributed by atoms with Crippen LogP contribution >= 0.6 is 0 Å². The zero-order valence-corrected chi connectivity index (χ0v) is 12.3. The van der Waals surface area contributed by atoms with Crippen LogP contribution in [0, 0.1) is 5.92 Å². The third-order valence-electron chi connectivity index (χ3n) is 3.93. The molecule has 2 fully saturated rings. The van der Waals surface area contributed by atoms with Crippen molar-refractivity contribution in [2.45, 2.75) is 19.3 Å². The first-order valence-corrected chi connectivity index (χ1v) is 8.70. The van der Waals surface area contributed by atoms with E-state index >= 15 is 0 Å². The number of likely N-dealkylation sites (N-methyl/N-ethyl adjacent to an activating group) is 1. The average Bonchev–Trinajstić information content (AvgIpc) is 2.35. The number of hydrogen-bond donors (Lipinski definition) is 1. The van der Waals surface area contributed by atoms with Crippen molar-refractivity contribution in [3.05, 3.63) is 0 Å². The molecule has 2 heterocycles. The number of carbonyl (C=O) groups is 1. The zero-order valence-electron chi connectivity index (χ0n) is 11.5. The number of nitrogens with zero attached hydrogens (tertiary/aromatic N) is 2. The maximum atomic E-state index is 11.9. The molecule has 0 aromatic carbocycles. The highest BCUT2D eigenvalue weighted by Gasteiger charge is 2.26. The maximum absolute atomic E-state index is 11.9. The van der Waals surface area contributed by atoms with Crippen LogP contribution in [0.15, 0.2) is 0 Å². The van der Waals surface area contributed by atoms with Crippen molar-refractivity contribution in [3.8, 4) is 0 Å². The van der Waals surface area contributed by atoms with Gasteiger partial charge in [0.05, 0.1) is 11.5 Å². The van der Waals surface area contributed by atoms with E-state index in [4.69, 9.17) is 0 Å². The van der Waals surface area contributed by atoms with E-state index in [9.17, 15) is 13.2 Å². The molecular formula is C12H23N3O3S. The first-order chi connectivity index (χ1) is 8.94. The van der Waals surface area contributed by atoms with Gasteiger partial charge in [0.2, 0.25) is 5.91 Å². The van der Waals surface area contributed by atoms with Crippen LogP contribution in [0.5, 0.6) is 0 Å². The molecule has 0 unspecified atom stereocenters. The lowest BCUT2D eigenvalue weighted by atomic mass is 9.99. The molecule has 0 atom stereocenters. The van der Waals surface area contributed by atoms with Crippen molar-refractivity contribution < 1.29 is 13.2 Å². The number of hydrogen-bond acceptors (Lipinski definition) is 5. The molecule has 0 aromatic rings. The Balaban J connectivity index is 1.70. The lowest BCUT2D eigenvalue weighted by Crippen LogP contribution is -2.52. The number of amides is 1. The van der Waals surface area contributed by atoms with E-state index in [0.29, 0.717) is 19.3 Å². The monoisotopic (exact) mass is 289 g/mol. The maximum Gasteiger partial charge on any atom is 0.234 e. The molecule has 7 heteroatoms. The molecule has 0 spiro atoms. The third-order valence-corrected chi connectivity index (χ3v) is 5.65. The summed E-state index contributed by atoms with van der Waals surface area (Å²) in [6.07, 6.45) is 1.69. The van der Waals surface area contributed by atoms with E-state index in [1.54, 1.807) is 0 Å². The minimum Gasteiger partial charge on any atom is -0.304 e. The summed E-state index contributed by atoms with van der Waals surface area (Å²) in [5.74, 6) is 0.712. The van der Waals surface area contributed by atoms with Crippen molar-refractivity contribution in [1.82, 2.24) is 15.3 Å². The van der Waals surface area contributed by atoms with Gasteiger partial charge in [-0.05, 0) is 25.8 Å². The van der Waals surface area contributed by atoms with Crippen LogP contribution < -0.4 is 5.43 Å². The quantitative estimate of drug-likeness (QED) is 0.757. The van der Waals surface area contributed by atoms with Crippen molar-refractivity contribution in [1.29, 1.82) is 0 Å². The summed E-state index contributed by atoms with van der Waals surface area (Å²) in [6.45, 7) is 3.62. The Kier molecular flexibility index (Phi) is 4.81. The van der Waals surface area contributed by atoms with Gasteiger partial charge in [-0.3, -0.25) is 10.2 Å². The van der Waals surface area contributed by atoms with Gasteiger partial charge in [-0.1, -0.05) is 0 Å². The summed E-state index contributed by atoms with van der Waals surface area (Å²) in [4.78, 5) is 14.1. The molecule has 2 rings (SSSR count). The van der Waals surface area contributed by atoms with Crippen LogP contribution in [0.1, 0.15) is 19.3 Å². The van der Waals surface area contributed by atoms with Crippen molar-refractivity contribution in [2.24, 2.45) is 5.92 Å². The fourth-order valence-corrected chi connectivity index (χ4v) is 4.13. The number of piperazine rings is 1. The summed E-state index contributed by atoms with van der Waals surface area (Å²) in [5, 5.41) is 1.96. The summed E-state index contributed by atoms with van der Waals surface area (Å²) in [7, 11) is -0.761. The molecule has 0 bridgehead atoms. The molecule has 19 heavy (non-hydrogen) atoms. The molecule has 0 aromatic heterocycles. The second-order valence-electron chi connectivity index (χ2n) is 5.62. The van der Waals surface area contributed by atoms with Gasteiger partial charge in [0, 0.05) is 32.6 Å². The predicted octanol–water partition coefficient (Wildman–Crippen LogP) is -0.520. The van der Waals surface area contributed by atoms with E-state index in [2.05, 4.69) is 17.4 Å². The molecule has 0 radical (unpaired) electrons. The van der Waals surface area contributed by atoms with E-state index in [1.807, 2.05) is 5.01 Å². The zero-order chi connectivity index (χ0) is 13.9. The molecule has 2 aliphatic heterocycles. The van der Waals surface area contributed by atoms with Gasteiger partial charge in [0.25, 0.3) is 0 Å². The molecule has 2 aliphatic rings. The highest BCUT2D eigenvalue weighted by Crippen LogP contribution is 2.21. The molecular weight excluding hydrogens is 266 g/mol. The highest BCUT2D eigenvalue weighted by molar-refractivity contribution is 7.91. The van der Waals surface area contributed by atoms with Crippen molar-refractivity contribution >= 4 is 15.7 Å². The van der Waals surface area contributed by atoms with Gasteiger partial charge >= 0.3 is 0 Å². The normalized spacial score (nSPS) is 26.2. The summed E-state index contributed by atoms with van der Waals surface area (Å²) in [5.41, 5.74) is 2.93. The van der Waals surface area contributed by atoms with Crippen molar-refractivity contribution in [2.75, 3.05) is 44.7 Å². The second-order valence-corrected chi connectivity index (χ2v) is 7.93. The summed E-state index contributed by atoms with van der Waals surface area (Å²) < 4.78 is 22.6. The van der Waals surface area contributed by atoms with Gasteiger partial charge in [0.15, 0.2) is 0 Å². The Hall–Kier alpha value is -0.660. The lowest BCUT2D eigenvalue weighted by molar-refractivity contribution is -0.127. The van der Waals surface area contributed by atoms with E-state index in [-0.39, 0.29) is 23.3 Å². The molecule has 1 amide bonds. The van der Waals surface area contributed by atoms with Gasteiger partial charge in [0.1, 0.15) is 9.84 Å². The topological polar surface area (TPSA) is 69.7 Å². The number of hydrazine groups is 1. The standard InChI is InChI=1S/C12H23N3O3S/c1-14-4-6-15(7-5-14)13-12(16)10-11-2-8-19(17,18)9-3-11/h11H,2-10H2,1H3,(H,13,16). The van der Waals surface area contributed by atoms with Crippen LogP contribution in [0.2, 0.25) is 0 Å². The van der Waals surface area contributed by atoms with Crippen LogP contribution in [0.4, 0.5) is 0 Å². The number of carbonyl (C=O) groups excluding carboxylic acids is 1. The Morgan fingerprint density at radius 2 is 1.74 bits per heavy atom. The minimum atomic E-state index is -2.83. The fraction of sp³-hybridized carbons (Fsp3) is 0.917. The smallest absolute Gasteiger partial charge is 0.234 e. The SMILES string of the molecule is CN1CCN(NC(=O)CC2CCS(=O)(=O)CC2)CC1. The molecule has 0 saturated carbocycles. The van der Waals surface area contributed by atoms with E-state index in [1.165, 1.54) is 0 Å². The number of rotatable bonds is 3. The molecule has 6 nitrogen and oxygen atoms in total. The van der Waals surface area contributed by atoms with Crippen LogP contribution in [-0.2, 0) is 14.6 Å².